The summed E-state index contributed by atoms with van der Waals surface area (Å²) in [7, 11) is 0. The van der Waals surface area contributed by atoms with Gasteiger partial charge in [0.2, 0.25) is 0 Å². The maximum atomic E-state index is 5.91. The standard InChI is InChI=1S/C18H19N3/c1-13-8-9-14(2)17(10-13)18-15(11-19)12-21(20-18)16-6-4-3-5-7-16/h3-10,12H,11,19H2,1-2H3. The van der Waals surface area contributed by atoms with Gasteiger partial charge in [0.1, 0.15) is 0 Å². The van der Waals surface area contributed by atoms with Gasteiger partial charge in [-0.2, -0.15) is 5.10 Å². The third-order valence-electron chi connectivity index (χ3n) is 3.68. The number of aryl methyl sites for hydroxylation is 2. The second kappa shape index (κ2) is 5.54. The minimum absolute atomic E-state index is 0.482. The molecule has 3 nitrogen and oxygen atoms in total. The van der Waals surface area contributed by atoms with Gasteiger partial charge in [-0.3, -0.25) is 0 Å². The molecule has 2 aromatic carbocycles. The SMILES string of the molecule is Cc1ccc(C)c(-c2nn(-c3ccccc3)cc2CN)c1. The Morgan fingerprint density at radius 2 is 1.81 bits per heavy atom. The summed E-state index contributed by atoms with van der Waals surface area (Å²) in [4.78, 5) is 0. The van der Waals surface area contributed by atoms with Gasteiger partial charge in [-0.15, -0.1) is 0 Å². The Kier molecular flexibility index (Phi) is 3.59. The van der Waals surface area contributed by atoms with Crippen molar-refractivity contribution >= 4 is 0 Å². The molecule has 1 aromatic heterocycles. The summed E-state index contributed by atoms with van der Waals surface area (Å²) in [5, 5.41) is 4.76. The molecule has 0 bridgehead atoms. The summed E-state index contributed by atoms with van der Waals surface area (Å²) in [6, 6.07) is 16.5. The van der Waals surface area contributed by atoms with Crippen molar-refractivity contribution < 1.29 is 0 Å². The number of hydrogen-bond acceptors (Lipinski definition) is 2. The Morgan fingerprint density at radius 1 is 1.05 bits per heavy atom. The fourth-order valence-electron chi connectivity index (χ4n) is 2.49. The van der Waals surface area contributed by atoms with E-state index in [1.54, 1.807) is 0 Å². The van der Waals surface area contributed by atoms with E-state index in [0.29, 0.717) is 6.54 Å². The Morgan fingerprint density at radius 3 is 2.52 bits per heavy atom. The van der Waals surface area contributed by atoms with E-state index in [-0.39, 0.29) is 0 Å². The third kappa shape index (κ3) is 2.60. The van der Waals surface area contributed by atoms with E-state index >= 15 is 0 Å². The highest BCUT2D eigenvalue weighted by Gasteiger charge is 2.13. The van der Waals surface area contributed by atoms with Crippen molar-refractivity contribution in [3.05, 3.63) is 71.4 Å². The number of nitrogens with zero attached hydrogens (tertiary/aromatic N) is 2. The van der Waals surface area contributed by atoms with Crippen LogP contribution in [0.4, 0.5) is 0 Å². The summed E-state index contributed by atoms with van der Waals surface area (Å²) in [5.41, 5.74) is 12.6. The Hall–Kier alpha value is -2.39. The maximum Gasteiger partial charge on any atom is 0.0975 e. The van der Waals surface area contributed by atoms with Crippen LogP contribution in [-0.2, 0) is 6.54 Å². The second-order valence-corrected chi connectivity index (χ2v) is 5.31. The zero-order valence-electron chi connectivity index (χ0n) is 12.4. The van der Waals surface area contributed by atoms with Gasteiger partial charge in [0.25, 0.3) is 0 Å². The first-order chi connectivity index (χ1) is 10.2. The molecule has 0 radical (unpaired) electrons. The molecular formula is C18H19N3. The van der Waals surface area contributed by atoms with Crippen molar-refractivity contribution in [1.29, 1.82) is 0 Å². The summed E-state index contributed by atoms with van der Waals surface area (Å²) in [6.45, 7) is 4.69. The van der Waals surface area contributed by atoms with Crippen molar-refractivity contribution in [2.24, 2.45) is 5.73 Å². The van der Waals surface area contributed by atoms with E-state index in [2.05, 4.69) is 32.0 Å². The number of rotatable bonds is 3. The van der Waals surface area contributed by atoms with Crippen molar-refractivity contribution in [2.45, 2.75) is 20.4 Å². The van der Waals surface area contributed by atoms with Crippen LogP contribution >= 0.6 is 0 Å². The molecule has 0 spiro atoms. The van der Waals surface area contributed by atoms with Crippen molar-refractivity contribution in [3.63, 3.8) is 0 Å². The molecule has 0 aliphatic heterocycles. The summed E-state index contributed by atoms with van der Waals surface area (Å²) >= 11 is 0. The minimum atomic E-state index is 0.482. The number of hydrogen-bond donors (Lipinski definition) is 1. The van der Waals surface area contributed by atoms with Crippen LogP contribution in [0, 0.1) is 13.8 Å². The molecule has 0 aliphatic carbocycles. The lowest BCUT2D eigenvalue weighted by molar-refractivity contribution is 0.882. The van der Waals surface area contributed by atoms with E-state index in [4.69, 9.17) is 10.8 Å². The van der Waals surface area contributed by atoms with Gasteiger partial charge >= 0.3 is 0 Å². The van der Waals surface area contributed by atoms with Crippen LogP contribution in [0.15, 0.2) is 54.7 Å². The van der Waals surface area contributed by atoms with Crippen LogP contribution < -0.4 is 5.73 Å². The van der Waals surface area contributed by atoms with Crippen LogP contribution in [0.2, 0.25) is 0 Å². The lowest BCUT2D eigenvalue weighted by atomic mass is 10.0. The topological polar surface area (TPSA) is 43.8 Å². The molecule has 3 heteroatoms. The third-order valence-corrected chi connectivity index (χ3v) is 3.68. The van der Waals surface area contributed by atoms with Gasteiger partial charge in [0, 0.05) is 23.9 Å². The number of para-hydroxylation sites is 1. The van der Waals surface area contributed by atoms with E-state index in [1.165, 1.54) is 11.1 Å². The minimum Gasteiger partial charge on any atom is -0.326 e. The first-order valence-corrected chi connectivity index (χ1v) is 7.10. The average Bonchev–Trinajstić information content (AvgIpc) is 2.94. The van der Waals surface area contributed by atoms with Gasteiger partial charge in [-0.05, 0) is 37.6 Å². The van der Waals surface area contributed by atoms with Gasteiger partial charge < -0.3 is 5.73 Å². The monoisotopic (exact) mass is 277 g/mol. The van der Waals surface area contributed by atoms with Crippen LogP contribution in [0.1, 0.15) is 16.7 Å². The highest BCUT2D eigenvalue weighted by atomic mass is 15.3. The zero-order valence-corrected chi connectivity index (χ0v) is 12.4. The maximum absolute atomic E-state index is 5.91. The normalized spacial score (nSPS) is 10.8. The van der Waals surface area contributed by atoms with Crippen molar-refractivity contribution in [3.8, 4) is 16.9 Å². The molecule has 106 valence electrons. The number of benzene rings is 2. The highest BCUT2D eigenvalue weighted by molar-refractivity contribution is 5.67. The first kappa shape index (κ1) is 13.6. The zero-order chi connectivity index (χ0) is 14.8. The van der Waals surface area contributed by atoms with E-state index in [9.17, 15) is 0 Å². The predicted octanol–water partition coefficient (Wildman–Crippen LogP) is 3.61. The number of nitrogens with two attached hydrogens (primary N) is 1. The molecule has 2 N–H and O–H groups in total. The lowest BCUT2D eigenvalue weighted by Crippen LogP contribution is -1.97. The summed E-state index contributed by atoms with van der Waals surface area (Å²) in [5.74, 6) is 0. The average molecular weight is 277 g/mol. The lowest BCUT2D eigenvalue weighted by Gasteiger charge is -2.06. The van der Waals surface area contributed by atoms with Crippen LogP contribution in [-0.4, -0.2) is 9.78 Å². The molecule has 1 heterocycles. The molecule has 0 atom stereocenters. The van der Waals surface area contributed by atoms with Crippen LogP contribution in [0.3, 0.4) is 0 Å². The van der Waals surface area contributed by atoms with Gasteiger partial charge in [0.15, 0.2) is 0 Å². The summed E-state index contributed by atoms with van der Waals surface area (Å²) < 4.78 is 1.90. The molecule has 21 heavy (non-hydrogen) atoms. The summed E-state index contributed by atoms with van der Waals surface area (Å²) in [6.07, 6.45) is 2.02. The molecule has 0 aliphatic rings. The number of aromatic nitrogens is 2. The first-order valence-electron chi connectivity index (χ1n) is 7.10. The van der Waals surface area contributed by atoms with Gasteiger partial charge in [0.05, 0.1) is 11.4 Å². The van der Waals surface area contributed by atoms with Crippen LogP contribution in [0.5, 0.6) is 0 Å². The van der Waals surface area contributed by atoms with Crippen molar-refractivity contribution in [1.82, 2.24) is 9.78 Å². The molecular weight excluding hydrogens is 258 g/mol. The van der Waals surface area contributed by atoms with E-state index < -0.39 is 0 Å². The largest absolute Gasteiger partial charge is 0.326 e. The van der Waals surface area contributed by atoms with E-state index in [1.807, 2.05) is 41.2 Å². The fraction of sp³-hybridized carbons (Fsp3) is 0.167. The molecule has 0 unspecified atom stereocenters. The molecule has 0 fully saturated rings. The second-order valence-electron chi connectivity index (χ2n) is 5.31. The highest BCUT2D eigenvalue weighted by Crippen LogP contribution is 2.27. The Labute approximate surface area is 125 Å². The quantitative estimate of drug-likeness (QED) is 0.794. The molecule has 3 rings (SSSR count). The van der Waals surface area contributed by atoms with E-state index in [0.717, 1.165) is 22.5 Å². The predicted molar refractivity (Wildman–Crippen MR) is 86.4 cm³/mol. The Bertz CT molecular complexity index is 757. The molecule has 3 aromatic rings. The van der Waals surface area contributed by atoms with Crippen molar-refractivity contribution in [2.75, 3.05) is 0 Å². The molecule has 0 amide bonds. The smallest absolute Gasteiger partial charge is 0.0975 e. The molecule has 0 saturated heterocycles. The van der Waals surface area contributed by atoms with Gasteiger partial charge in [-0.25, -0.2) is 4.68 Å². The fourth-order valence-corrected chi connectivity index (χ4v) is 2.49. The Balaban J connectivity index is 2.15. The van der Waals surface area contributed by atoms with Crippen LogP contribution in [0.25, 0.3) is 16.9 Å². The molecule has 0 saturated carbocycles. The van der Waals surface area contributed by atoms with Gasteiger partial charge in [-0.1, -0.05) is 35.9 Å².